The lowest BCUT2D eigenvalue weighted by Crippen LogP contribution is -2.44. The second-order valence-electron chi connectivity index (χ2n) is 7.48. The van der Waals surface area contributed by atoms with E-state index in [1.54, 1.807) is 6.20 Å². The van der Waals surface area contributed by atoms with Crippen molar-refractivity contribution >= 4 is 22.5 Å². The Morgan fingerprint density at radius 3 is 2.77 bits per heavy atom. The number of carbonyl (C=O) groups excluding carboxylic acids is 1. The van der Waals surface area contributed by atoms with Crippen LogP contribution < -0.4 is 10.1 Å². The number of nitrogens with zero attached hydrogens (tertiary/aromatic N) is 1. The Hall–Kier alpha value is -2.14. The number of fused-ring (bicyclic) bond motifs is 1. The molecule has 0 radical (unpaired) electrons. The highest BCUT2D eigenvalue weighted by Crippen LogP contribution is 2.43. The number of aromatic nitrogens is 1. The summed E-state index contributed by atoms with van der Waals surface area (Å²) in [5.41, 5.74) is 0.716. The van der Waals surface area contributed by atoms with E-state index in [4.69, 9.17) is 9.47 Å². The summed E-state index contributed by atoms with van der Waals surface area (Å²) in [6, 6.07) is 7.58. The average Bonchev–Trinajstić information content (AvgIpc) is 3.46. The second-order valence-corrected chi connectivity index (χ2v) is 7.48. The number of pyridine rings is 1. The van der Waals surface area contributed by atoms with Crippen molar-refractivity contribution in [3.63, 3.8) is 0 Å². The van der Waals surface area contributed by atoms with E-state index < -0.39 is 5.60 Å². The van der Waals surface area contributed by atoms with Gasteiger partial charge in [0.15, 0.2) is 0 Å². The number of hydrogen-bond donors (Lipinski definition) is 1. The Morgan fingerprint density at radius 2 is 2.12 bits per heavy atom. The predicted molar refractivity (Wildman–Crippen MR) is 103 cm³/mol. The molecule has 5 nitrogen and oxygen atoms in total. The van der Waals surface area contributed by atoms with Crippen LogP contribution in [0.2, 0.25) is 0 Å². The van der Waals surface area contributed by atoms with Gasteiger partial charge in [-0.15, -0.1) is 0 Å². The van der Waals surface area contributed by atoms with E-state index >= 15 is 0 Å². The predicted octanol–water partition coefficient (Wildman–Crippen LogP) is 4.41. The van der Waals surface area contributed by atoms with Crippen LogP contribution in [0.1, 0.15) is 40.5 Å². The van der Waals surface area contributed by atoms with Crippen molar-refractivity contribution in [2.45, 2.75) is 46.1 Å². The van der Waals surface area contributed by atoms with Gasteiger partial charge in [0.2, 0.25) is 0 Å². The number of hydrogen-bond acceptors (Lipinski definition) is 4. The summed E-state index contributed by atoms with van der Waals surface area (Å²) in [5, 5.41) is 3.94. The van der Waals surface area contributed by atoms with Crippen LogP contribution in [0.15, 0.2) is 30.5 Å². The van der Waals surface area contributed by atoms with E-state index in [0.717, 1.165) is 35.2 Å². The molecule has 1 saturated carbocycles. The van der Waals surface area contributed by atoms with Crippen LogP contribution in [-0.2, 0) is 9.53 Å². The zero-order valence-corrected chi connectivity index (χ0v) is 16.0. The summed E-state index contributed by atoms with van der Waals surface area (Å²) in [4.78, 5) is 17.4. The lowest BCUT2D eigenvalue weighted by Gasteiger charge is -2.28. The van der Waals surface area contributed by atoms with Crippen LogP contribution >= 0.6 is 0 Å². The molecule has 1 aromatic heterocycles. The highest BCUT2D eigenvalue weighted by molar-refractivity contribution is 6.05. The first-order chi connectivity index (χ1) is 12.5. The first-order valence-electron chi connectivity index (χ1n) is 9.41. The minimum absolute atomic E-state index is 0.0946. The molecular weight excluding hydrogens is 328 g/mol. The largest absolute Gasteiger partial charge is 0.491 e. The van der Waals surface area contributed by atoms with Gasteiger partial charge >= 0.3 is 0 Å². The smallest absolute Gasteiger partial charge is 0.256 e. The van der Waals surface area contributed by atoms with E-state index in [2.05, 4.69) is 24.1 Å². The maximum absolute atomic E-state index is 13.0. The molecule has 1 aromatic carbocycles. The van der Waals surface area contributed by atoms with E-state index in [1.807, 2.05) is 38.1 Å². The fraction of sp³-hybridized carbons (Fsp3) is 0.524. The van der Waals surface area contributed by atoms with Gasteiger partial charge in [0.25, 0.3) is 5.91 Å². The molecule has 0 aliphatic heterocycles. The molecule has 1 amide bonds. The number of amides is 1. The Kier molecular flexibility index (Phi) is 5.47. The van der Waals surface area contributed by atoms with Crippen molar-refractivity contribution in [1.29, 1.82) is 0 Å². The summed E-state index contributed by atoms with van der Waals surface area (Å²) in [6.07, 6.45) is 3.81. The Morgan fingerprint density at radius 1 is 1.35 bits per heavy atom. The molecule has 1 aliphatic rings. The van der Waals surface area contributed by atoms with E-state index in [0.29, 0.717) is 25.0 Å². The highest BCUT2D eigenvalue weighted by Gasteiger charge is 2.48. The SMILES string of the molecule is CCO[C@@](C)(C(=O)Nc1ccc(OCC(C)C)c2ncccc12)C1CC1. The Labute approximate surface area is 155 Å². The molecule has 3 rings (SSSR count). The van der Waals surface area contributed by atoms with Gasteiger partial charge in [0.1, 0.15) is 16.9 Å². The molecule has 1 atom stereocenters. The first kappa shape index (κ1) is 18.6. The third-order valence-corrected chi connectivity index (χ3v) is 4.80. The standard InChI is InChI=1S/C21H28N2O3/c1-5-26-21(4,15-8-9-15)20(24)23-17-10-11-18(25-13-14(2)3)19-16(17)7-6-12-22-19/h6-7,10-12,14-15H,5,8-9,13H2,1-4H3,(H,23,24)/t21-/m1/s1. The molecule has 2 aromatic rings. The molecule has 0 saturated heterocycles. The van der Waals surface area contributed by atoms with Crippen LogP contribution in [0.25, 0.3) is 10.9 Å². The van der Waals surface area contributed by atoms with Crippen LogP contribution in [0.4, 0.5) is 5.69 Å². The van der Waals surface area contributed by atoms with Gasteiger partial charge in [-0.1, -0.05) is 13.8 Å². The number of ether oxygens (including phenoxy) is 2. The molecule has 140 valence electrons. The Balaban J connectivity index is 1.88. The molecule has 5 heteroatoms. The third-order valence-electron chi connectivity index (χ3n) is 4.80. The van der Waals surface area contributed by atoms with Gasteiger partial charge < -0.3 is 14.8 Å². The van der Waals surface area contributed by atoms with E-state index in [-0.39, 0.29) is 5.91 Å². The van der Waals surface area contributed by atoms with Gasteiger partial charge in [-0.2, -0.15) is 0 Å². The lowest BCUT2D eigenvalue weighted by molar-refractivity contribution is -0.141. The van der Waals surface area contributed by atoms with Gasteiger partial charge in [-0.25, -0.2) is 0 Å². The fourth-order valence-electron chi connectivity index (χ4n) is 3.18. The van der Waals surface area contributed by atoms with Crippen LogP contribution in [0.5, 0.6) is 5.75 Å². The molecule has 1 fully saturated rings. The summed E-state index contributed by atoms with van der Waals surface area (Å²) < 4.78 is 11.7. The number of carbonyl (C=O) groups is 1. The normalized spacial score (nSPS) is 16.5. The maximum Gasteiger partial charge on any atom is 0.256 e. The van der Waals surface area contributed by atoms with Crippen molar-refractivity contribution in [2.75, 3.05) is 18.5 Å². The quantitative estimate of drug-likeness (QED) is 0.761. The van der Waals surface area contributed by atoms with Gasteiger partial charge in [-0.05, 0) is 62.8 Å². The van der Waals surface area contributed by atoms with Gasteiger partial charge in [0.05, 0.1) is 12.3 Å². The first-order valence-corrected chi connectivity index (χ1v) is 9.41. The molecular formula is C21H28N2O3. The third kappa shape index (κ3) is 3.83. The summed E-state index contributed by atoms with van der Waals surface area (Å²) >= 11 is 0. The van der Waals surface area contributed by atoms with E-state index in [9.17, 15) is 4.79 Å². The second kappa shape index (κ2) is 7.62. The summed E-state index contributed by atoms with van der Waals surface area (Å²) in [6.45, 7) is 9.18. The minimum atomic E-state index is -0.782. The lowest BCUT2D eigenvalue weighted by atomic mass is 9.98. The number of nitrogens with one attached hydrogen (secondary N) is 1. The molecule has 0 spiro atoms. The molecule has 26 heavy (non-hydrogen) atoms. The average molecular weight is 356 g/mol. The van der Waals surface area contributed by atoms with Gasteiger partial charge in [-0.3, -0.25) is 9.78 Å². The monoisotopic (exact) mass is 356 g/mol. The highest BCUT2D eigenvalue weighted by atomic mass is 16.5. The molecule has 1 N–H and O–H groups in total. The van der Waals surface area contributed by atoms with Crippen molar-refractivity contribution in [3.8, 4) is 5.75 Å². The zero-order chi connectivity index (χ0) is 18.7. The van der Waals surface area contributed by atoms with Crippen LogP contribution in [0, 0.1) is 11.8 Å². The summed E-state index contributed by atoms with van der Waals surface area (Å²) in [5.74, 6) is 1.36. The molecule has 1 aliphatic carbocycles. The fourth-order valence-corrected chi connectivity index (χ4v) is 3.18. The van der Waals surface area contributed by atoms with Crippen molar-refractivity contribution in [1.82, 2.24) is 4.98 Å². The van der Waals surface area contributed by atoms with Crippen LogP contribution in [0.3, 0.4) is 0 Å². The topological polar surface area (TPSA) is 60.5 Å². The number of benzene rings is 1. The van der Waals surface area contributed by atoms with Crippen molar-refractivity contribution in [3.05, 3.63) is 30.5 Å². The van der Waals surface area contributed by atoms with Crippen molar-refractivity contribution in [2.24, 2.45) is 11.8 Å². The number of anilines is 1. The number of rotatable bonds is 8. The Bertz CT molecular complexity index is 786. The maximum atomic E-state index is 13.0. The van der Waals surface area contributed by atoms with Crippen LogP contribution in [-0.4, -0.2) is 29.7 Å². The van der Waals surface area contributed by atoms with Gasteiger partial charge in [0, 0.05) is 18.2 Å². The molecule has 0 unspecified atom stereocenters. The minimum Gasteiger partial charge on any atom is -0.491 e. The van der Waals surface area contributed by atoms with Crippen molar-refractivity contribution < 1.29 is 14.3 Å². The summed E-state index contributed by atoms with van der Waals surface area (Å²) in [7, 11) is 0. The molecule has 0 bridgehead atoms. The zero-order valence-electron chi connectivity index (χ0n) is 16.0. The molecule has 1 heterocycles. The van der Waals surface area contributed by atoms with E-state index in [1.165, 1.54) is 0 Å².